The number of fused-ring (bicyclic) bond motifs is 1. The van der Waals surface area contributed by atoms with E-state index in [4.69, 9.17) is 21.6 Å². The number of anilines is 2. The van der Waals surface area contributed by atoms with Crippen LogP contribution in [0.15, 0.2) is 42.9 Å². The molecule has 0 aliphatic heterocycles. The minimum absolute atomic E-state index is 0.167. The number of halogens is 2. The molecular formula is C19H15ClFN5O. The van der Waals surface area contributed by atoms with Crippen molar-refractivity contribution < 1.29 is 9.13 Å². The number of nitriles is 1. The maximum Gasteiger partial charge on any atom is 0.232 e. The fraction of sp³-hybridized carbons (Fsp3) is 0.263. The third-order valence-electron chi connectivity index (χ3n) is 4.48. The van der Waals surface area contributed by atoms with E-state index < -0.39 is 5.67 Å². The number of nitrogens with one attached hydrogen (secondary N) is 1. The van der Waals surface area contributed by atoms with Crippen LogP contribution in [0, 0.1) is 17.2 Å². The van der Waals surface area contributed by atoms with Gasteiger partial charge < -0.3 is 10.1 Å². The molecule has 1 unspecified atom stereocenters. The molecule has 2 aromatic heterocycles. The zero-order valence-corrected chi connectivity index (χ0v) is 14.9. The zero-order chi connectivity index (χ0) is 18.9. The summed E-state index contributed by atoms with van der Waals surface area (Å²) in [7, 11) is 0. The van der Waals surface area contributed by atoms with Crippen LogP contribution in [0.2, 0.25) is 5.28 Å². The lowest BCUT2D eigenvalue weighted by atomic mass is 10.0. The van der Waals surface area contributed by atoms with Gasteiger partial charge in [-0.25, -0.2) is 19.3 Å². The van der Waals surface area contributed by atoms with Gasteiger partial charge in [-0.05, 0) is 54.1 Å². The van der Waals surface area contributed by atoms with Crippen LogP contribution >= 0.6 is 11.6 Å². The second-order valence-corrected chi connectivity index (χ2v) is 6.78. The summed E-state index contributed by atoms with van der Waals surface area (Å²) in [5, 5.41) is 14.1. The highest BCUT2D eigenvalue weighted by Crippen LogP contribution is 2.42. The smallest absolute Gasteiger partial charge is 0.232 e. The summed E-state index contributed by atoms with van der Waals surface area (Å²) in [6.45, 7) is -0.266. The first-order chi connectivity index (χ1) is 13.1. The van der Waals surface area contributed by atoms with Crippen molar-refractivity contribution in [3.05, 3.63) is 48.1 Å². The molecule has 3 aromatic rings. The molecule has 1 atom stereocenters. The third-order valence-corrected chi connectivity index (χ3v) is 4.67. The minimum Gasteiger partial charge on any atom is -0.489 e. The summed E-state index contributed by atoms with van der Waals surface area (Å²) in [6.07, 6.45) is 6.26. The number of aromatic nitrogens is 3. The highest BCUT2D eigenvalue weighted by Gasteiger charge is 2.47. The second-order valence-electron chi connectivity index (χ2n) is 6.45. The first kappa shape index (κ1) is 17.4. The molecule has 1 aliphatic carbocycles. The lowest BCUT2D eigenvalue weighted by Crippen LogP contribution is -2.31. The Kier molecular flexibility index (Phi) is 4.50. The lowest BCUT2D eigenvalue weighted by molar-refractivity contribution is 0.115. The molecule has 27 heavy (non-hydrogen) atoms. The predicted octanol–water partition coefficient (Wildman–Crippen LogP) is 4.44. The third kappa shape index (κ3) is 3.76. The van der Waals surface area contributed by atoms with Gasteiger partial charge in [0.1, 0.15) is 24.2 Å². The molecular weight excluding hydrogens is 369 g/mol. The molecule has 0 spiro atoms. The number of rotatable bonds is 6. The summed E-state index contributed by atoms with van der Waals surface area (Å²) in [4.78, 5) is 12.2. The second kappa shape index (κ2) is 6.97. The van der Waals surface area contributed by atoms with Gasteiger partial charge in [-0.2, -0.15) is 5.26 Å². The van der Waals surface area contributed by atoms with Crippen LogP contribution in [-0.2, 0) is 0 Å². The van der Waals surface area contributed by atoms with Crippen LogP contribution in [0.25, 0.3) is 10.8 Å². The van der Waals surface area contributed by atoms with Crippen molar-refractivity contribution in [2.24, 2.45) is 5.92 Å². The Labute approximate surface area is 160 Å². The van der Waals surface area contributed by atoms with E-state index in [1.165, 1.54) is 0 Å². The highest BCUT2D eigenvalue weighted by atomic mass is 35.5. The van der Waals surface area contributed by atoms with Gasteiger partial charge in [-0.3, -0.25) is 0 Å². The summed E-state index contributed by atoms with van der Waals surface area (Å²) < 4.78 is 20.1. The highest BCUT2D eigenvalue weighted by molar-refractivity contribution is 6.28. The number of hydrogen-bond donors (Lipinski definition) is 1. The van der Waals surface area contributed by atoms with E-state index in [0.29, 0.717) is 17.3 Å². The molecule has 6 nitrogen and oxygen atoms in total. The summed E-state index contributed by atoms with van der Waals surface area (Å²) in [6, 6.07) is 8.95. The van der Waals surface area contributed by atoms with Crippen LogP contribution in [0.5, 0.6) is 5.75 Å². The Balaban J connectivity index is 1.54. The van der Waals surface area contributed by atoms with Gasteiger partial charge in [0.2, 0.25) is 11.0 Å². The number of ether oxygens (including phenoxy) is 1. The molecule has 0 saturated heterocycles. The number of pyridine rings is 1. The fourth-order valence-corrected chi connectivity index (χ4v) is 2.93. The molecule has 8 heteroatoms. The van der Waals surface area contributed by atoms with E-state index in [1.54, 1.807) is 36.8 Å². The van der Waals surface area contributed by atoms with Crippen molar-refractivity contribution >= 4 is 33.9 Å². The minimum atomic E-state index is -1.92. The average molecular weight is 384 g/mol. The summed E-state index contributed by atoms with van der Waals surface area (Å²) >= 11 is 5.70. The number of nitrogens with zero attached hydrogens (tertiary/aromatic N) is 4. The van der Waals surface area contributed by atoms with Gasteiger partial charge >= 0.3 is 0 Å². The van der Waals surface area contributed by atoms with Crippen molar-refractivity contribution in [1.29, 1.82) is 5.26 Å². The van der Waals surface area contributed by atoms with E-state index in [-0.39, 0.29) is 17.8 Å². The Bertz CT molecular complexity index is 1020. The molecule has 1 aromatic carbocycles. The normalized spacial score (nSPS) is 15.7. The summed E-state index contributed by atoms with van der Waals surface area (Å²) in [5.74, 6) is 0.914. The first-order valence-electron chi connectivity index (χ1n) is 8.44. The molecule has 0 bridgehead atoms. The van der Waals surface area contributed by atoms with Crippen molar-refractivity contribution in [3.63, 3.8) is 0 Å². The maximum absolute atomic E-state index is 14.5. The Morgan fingerprint density at radius 3 is 2.74 bits per heavy atom. The molecule has 0 amide bonds. The molecule has 1 saturated carbocycles. The fourth-order valence-electron chi connectivity index (χ4n) is 2.83. The molecule has 1 fully saturated rings. The van der Waals surface area contributed by atoms with E-state index in [9.17, 15) is 4.39 Å². The van der Waals surface area contributed by atoms with E-state index in [2.05, 4.69) is 20.3 Å². The average Bonchev–Trinajstić information content (AvgIpc) is 3.54. The van der Waals surface area contributed by atoms with E-state index in [1.807, 2.05) is 12.1 Å². The Hall–Kier alpha value is -2.98. The van der Waals surface area contributed by atoms with Crippen LogP contribution in [0.4, 0.5) is 15.9 Å². The molecule has 136 valence electrons. The Morgan fingerprint density at radius 2 is 2.04 bits per heavy atom. The van der Waals surface area contributed by atoms with Gasteiger partial charge in [0, 0.05) is 17.5 Å². The van der Waals surface area contributed by atoms with Gasteiger partial charge in [0.05, 0.1) is 18.1 Å². The number of benzene rings is 1. The zero-order valence-electron chi connectivity index (χ0n) is 14.2. The Morgan fingerprint density at radius 1 is 1.26 bits per heavy atom. The molecule has 1 N–H and O–H groups in total. The standard InChI is InChI=1S/C19H15ClFN5O/c20-18-24-8-14(9-25-18)26-17-16-4-3-15(7-12(16)5-6-23-17)27-11-19(21,10-22)13-1-2-13/h3-9,13H,1-2,11H2,(H,23,26). The van der Waals surface area contributed by atoms with Crippen molar-refractivity contribution in [3.8, 4) is 11.8 Å². The summed E-state index contributed by atoms with van der Waals surface area (Å²) in [5.41, 5.74) is -1.27. The molecule has 2 heterocycles. The SMILES string of the molecule is N#CC(F)(COc1ccc2c(Nc3cnc(Cl)nc3)nccc2c1)C1CC1. The monoisotopic (exact) mass is 383 g/mol. The molecule has 4 rings (SSSR count). The van der Waals surface area contributed by atoms with Gasteiger partial charge in [0.25, 0.3) is 0 Å². The molecule has 1 aliphatic rings. The maximum atomic E-state index is 14.5. The number of hydrogen-bond acceptors (Lipinski definition) is 6. The lowest BCUT2D eigenvalue weighted by Gasteiger charge is -2.17. The van der Waals surface area contributed by atoms with Crippen molar-refractivity contribution in [2.75, 3.05) is 11.9 Å². The van der Waals surface area contributed by atoms with Crippen molar-refractivity contribution in [1.82, 2.24) is 15.0 Å². The van der Waals surface area contributed by atoms with E-state index >= 15 is 0 Å². The topological polar surface area (TPSA) is 83.7 Å². The quantitative estimate of drug-likeness (QED) is 0.633. The van der Waals surface area contributed by atoms with Crippen LogP contribution in [0.3, 0.4) is 0 Å². The van der Waals surface area contributed by atoms with Crippen LogP contribution in [0.1, 0.15) is 12.8 Å². The first-order valence-corrected chi connectivity index (χ1v) is 8.81. The van der Waals surface area contributed by atoms with E-state index in [0.717, 1.165) is 23.6 Å². The van der Waals surface area contributed by atoms with Gasteiger partial charge in [-0.15, -0.1) is 0 Å². The number of alkyl halides is 1. The van der Waals surface area contributed by atoms with Gasteiger partial charge in [-0.1, -0.05) is 0 Å². The van der Waals surface area contributed by atoms with Crippen LogP contribution < -0.4 is 10.1 Å². The van der Waals surface area contributed by atoms with Crippen molar-refractivity contribution in [2.45, 2.75) is 18.5 Å². The van der Waals surface area contributed by atoms with Gasteiger partial charge in [0.15, 0.2) is 0 Å². The predicted molar refractivity (Wildman–Crippen MR) is 99.7 cm³/mol. The molecule has 0 radical (unpaired) electrons. The largest absolute Gasteiger partial charge is 0.489 e. The van der Waals surface area contributed by atoms with Crippen LogP contribution in [-0.4, -0.2) is 27.2 Å².